The number of carbonyl (C=O) groups excluding carboxylic acids is 1. The molecule has 1 aromatic heterocycles. The van der Waals surface area contributed by atoms with Crippen molar-refractivity contribution in [3.8, 4) is 0 Å². The molecule has 0 unspecified atom stereocenters. The molecule has 4 rings (SSSR count). The number of rotatable bonds is 1. The maximum absolute atomic E-state index is 13.1. The summed E-state index contributed by atoms with van der Waals surface area (Å²) in [6.45, 7) is 3.82. The van der Waals surface area contributed by atoms with Crippen LogP contribution in [0.2, 0.25) is 5.02 Å². The maximum Gasteiger partial charge on any atom is 0.290 e. The first-order valence-corrected chi connectivity index (χ1v) is 8.37. The minimum Gasteiger partial charge on any atom is -0.450 e. The van der Waals surface area contributed by atoms with Crippen molar-refractivity contribution >= 4 is 28.5 Å². The van der Waals surface area contributed by atoms with Crippen molar-refractivity contribution < 1.29 is 9.21 Å². The largest absolute Gasteiger partial charge is 0.450 e. The van der Waals surface area contributed by atoms with Crippen LogP contribution in [0.25, 0.3) is 11.0 Å². The first-order valence-electron chi connectivity index (χ1n) is 7.99. The highest BCUT2D eigenvalue weighted by Gasteiger charge is 2.40. The van der Waals surface area contributed by atoms with Crippen LogP contribution in [0.5, 0.6) is 0 Å². The van der Waals surface area contributed by atoms with Gasteiger partial charge in [0.05, 0.1) is 17.0 Å². The number of amides is 1. The van der Waals surface area contributed by atoms with Crippen LogP contribution >= 0.6 is 11.6 Å². The monoisotopic (exact) mass is 353 g/mol. The van der Waals surface area contributed by atoms with Gasteiger partial charge < -0.3 is 9.32 Å². The lowest BCUT2D eigenvalue weighted by Crippen LogP contribution is -2.25. The van der Waals surface area contributed by atoms with E-state index in [9.17, 15) is 9.59 Å². The molecule has 3 aromatic rings. The predicted octanol–water partition coefficient (Wildman–Crippen LogP) is 4.24. The Balaban J connectivity index is 2.03. The van der Waals surface area contributed by atoms with Crippen LogP contribution in [-0.4, -0.2) is 17.9 Å². The third-order valence-electron chi connectivity index (χ3n) is 4.78. The molecule has 2 heterocycles. The molecule has 1 amide bonds. The molecule has 0 saturated carbocycles. The van der Waals surface area contributed by atoms with Gasteiger partial charge in [-0.15, -0.1) is 0 Å². The Morgan fingerprint density at radius 2 is 1.76 bits per heavy atom. The van der Waals surface area contributed by atoms with Gasteiger partial charge in [-0.1, -0.05) is 41.4 Å². The van der Waals surface area contributed by atoms with Gasteiger partial charge in [0, 0.05) is 12.1 Å². The fourth-order valence-electron chi connectivity index (χ4n) is 3.35. The summed E-state index contributed by atoms with van der Waals surface area (Å²) in [6.07, 6.45) is 0. The highest BCUT2D eigenvalue weighted by molar-refractivity contribution is 6.32. The summed E-state index contributed by atoms with van der Waals surface area (Å²) in [5, 5.41) is 0.902. The number of benzene rings is 2. The van der Waals surface area contributed by atoms with E-state index in [1.807, 2.05) is 38.1 Å². The van der Waals surface area contributed by atoms with Gasteiger partial charge in [-0.3, -0.25) is 9.59 Å². The molecule has 126 valence electrons. The molecule has 0 N–H and O–H groups in total. The second kappa shape index (κ2) is 5.46. The average molecular weight is 354 g/mol. The molecular weight excluding hydrogens is 338 g/mol. The lowest BCUT2D eigenvalue weighted by atomic mass is 9.98. The topological polar surface area (TPSA) is 50.5 Å². The molecule has 0 saturated heterocycles. The second-order valence-electron chi connectivity index (χ2n) is 6.50. The minimum absolute atomic E-state index is 0.118. The van der Waals surface area contributed by atoms with Gasteiger partial charge in [-0.05, 0) is 37.1 Å². The zero-order valence-corrected chi connectivity index (χ0v) is 14.8. The van der Waals surface area contributed by atoms with Gasteiger partial charge in [-0.2, -0.15) is 0 Å². The van der Waals surface area contributed by atoms with Crippen molar-refractivity contribution in [3.05, 3.63) is 79.7 Å². The number of nitrogens with zero attached hydrogens (tertiary/aromatic N) is 1. The maximum atomic E-state index is 13.1. The van der Waals surface area contributed by atoms with Crippen molar-refractivity contribution in [2.24, 2.45) is 0 Å². The normalized spacial score (nSPS) is 16.6. The van der Waals surface area contributed by atoms with Crippen LogP contribution in [0.15, 0.2) is 45.6 Å². The molecule has 1 aliphatic rings. The molecule has 0 bridgehead atoms. The molecule has 0 radical (unpaired) electrons. The Labute approximate surface area is 149 Å². The average Bonchev–Trinajstić information content (AvgIpc) is 2.83. The second-order valence-corrected chi connectivity index (χ2v) is 6.91. The lowest BCUT2D eigenvalue weighted by molar-refractivity contribution is 0.0771. The standard InChI is InChI=1S/C20H16ClNO3/c1-10-4-6-12(7-5-10)17-16-18(23)13-9-14(21)11(2)8-15(13)25-19(16)20(24)22(17)3/h4-9,17H,1-3H3/t17-/m1/s1. The van der Waals surface area contributed by atoms with Gasteiger partial charge in [0.15, 0.2) is 5.43 Å². The zero-order valence-electron chi connectivity index (χ0n) is 14.1. The summed E-state index contributed by atoms with van der Waals surface area (Å²) >= 11 is 6.18. The smallest absolute Gasteiger partial charge is 0.290 e. The molecule has 2 aromatic carbocycles. The number of aryl methyl sites for hydroxylation is 2. The summed E-state index contributed by atoms with van der Waals surface area (Å²) in [6, 6.07) is 10.7. The summed E-state index contributed by atoms with van der Waals surface area (Å²) < 4.78 is 5.83. The Hall–Kier alpha value is -2.59. The molecular formula is C20H16ClNO3. The van der Waals surface area contributed by atoms with Crippen molar-refractivity contribution in [2.45, 2.75) is 19.9 Å². The van der Waals surface area contributed by atoms with Crippen LogP contribution in [0, 0.1) is 13.8 Å². The van der Waals surface area contributed by atoms with Crippen molar-refractivity contribution in [2.75, 3.05) is 7.05 Å². The van der Waals surface area contributed by atoms with E-state index in [1.54, 1.807) is 24.1 Å². The molecule has 25 heavy (non-hydrogen) atoms. The van der Waals surface area contributed by atoms with Crippen LogP contribution in [0.4, 0.5) is 0 Å². The van der Waals surface area contributed by atoms with Crippen molar-refractivity contribution in [1.29, 1.82) is 0 Å². The van der Waals surface area contributed by atoms with Gasteiger partial charge in [0.2, 0.25) is 5.76 Å². The molecule has 1 aliphatic heterocycles. The third kappa shape index (κ3) is 2.29. The Morgan fingerprint density at radius 1 is 1.08 bits per heavy atom. The van der Waals surface area contributed by atoms with E-state index < -0.39 is 6.04 Å². The Bertz CT molecular complexity index is 1080. The van der Waals surface area contributed by atoms with E-state index in [1.165, 1.54) is 0 Å². The van der Waals surface area contributed by atoms with E-state index >= 15 is 0 Å². The fourth-order valence-corrected chi connectivity index (χ4v) is 3.51. The minimum atomic E-state index is -0.455. The summed E-state index contributed by atoms with van der Waals surface area (Å²) in [4.78, 5) is 27.3. The van der Waals surface area contributed by atoms with Crippen molar-refractivity contribution in [3.63, 3.8) is 0 Å². The molecule has 0 spiro atoms. The molecule has 0 aliphatic carbocycles. The SMILES string of the molecule is Cc1ccc([C@@H]2c3c(oc4cc(C)c(Cl)cc4c3=O)C(=O)N2C)cc1. The zero-order chi connectivity index (χ0) is 17.9. The Morgan fingerprint density at radius 3 is 2.44 bits per heavy atom. The number of hydrogen-bond donors (Lipinski definition) is 0. The van der Waals surface area contributed by atoms with E-state index in [0.717, 1.165) is 16.7 Å². The first kappa shape index (κ1) is 15.9. The Kier molecular flexibility index (Phi) is 3.48. The van der Waals surface area contributed by atoms with Gasteiger partial charge in [0.1, 0.15) is 5.58 Å². The highest BCUT2D eigenvalue weighted by atomic mass is 35.5. The quantitative estimate of drug-likeness (QED) is 0.657. The summed E-state index contributed by atoms with van der Waals surface area (Å²) in [7, 11) is 1.69. The lowest BCUT2D eigenvalue weighted by Gasteiger charge is -2.20. The number of halogens is 1. The van der Waals surface area contributed by atoms with E-state index in [-0.39, 0.29) is 17.1 Å². The third-order valence-corrected chi connectivity index (χ3v) is 5.18. The first-order chi connectivity index (χ1) is 11.9. The predicted molar refractivity (Wildman–Crippen MR) is 97.3 cm³/mol. The van der Waals surface area contributed by atoms with Crippen molar-refractivity contribution in [1.82, 2.24) is 4.90 Å². The number of hydrogen-bond acceptors (Lipinski definition) is 3. The molecule has 5 heteroatoms. The summed E-state index contributed by atoms with van der Waals surface area (Å²) in [5.74, 6) is -0.167. The fraction of sp³-hybridized carbons (Fsp3) is 0.200. The van der Waals surface area contributed by atoms with Crippen LogP contribution in [0.1, 0.15) is 38.9 Å². The van der Waals surface area contributed by atoms with Gasteiger partial charge in [0.25, 0.3) is 5.91 Å². The van der Waals surface area contributed by atoms with Gasteiger partial charge in [-0.25, -0.2) is 0 Å². The van der Waals surface area contributed by atoms with E-state index in [4.69, 9.17) is 16.0 Å². The van der Waals surface area contributed by atoms with Crippen LogP contribution < -0.4 is 5.43 Å². The summed E-state index contributed by atoms with van der Waals surface area (Å²) in [5.41, 5.74) is 3.35. The number of carbonyl (C=O) groups is 1. The van der Waals surface area contributed by atoms with E-state index in [0.29, 0.717) is 21.6 Å². The van der Waals surface area contributed by atoms with Crippen LogP contribution in [-0.2, 0) is 0 Å². The van der Waals surface area contributed by atoms with Crippen LogP contribution in [0.3, 0.4) is 0 Å². The number of fused-ring (bicyclic) bond motifs is 2. The molecule has 4 nitrogen and oxygen atoms in total. The molecule has 1 atom stereocenters. The van der Waals surface area contributed by atoms with Gasteiger partial charge >= 0.3 is 0 Å². The highest BCUT2D eigenvalue weighted by Crippen LogP contribution is 2.37. The van der Waals surface area contributed by atoms with E-state index in [2.05, 4.69) is 0 Å². The molecule has 0 fully saturated rings.